The largest absolute Gasteiger partial charge is 0.493 e. The van der Waals surface area contributed by atoms with Gasteiger partial charge in [-0.3, -0.25) is 5.32 Å². The minimum absolute atomic E-state index is 0.113. The Bertz CT molecular complexity index is 564. The molecule has 0 radical (unpaired) electrons. The molecule has 128 valence electrons. The summed E-state index contributed by atoms with van der Waals surface area (Å²) in [4.78, 5) is 12.0. The minimum Gasteiger partial charge on any atom is -0.493 e. The van der Waals surface area contributed by atoms with E-state index in [0.717, 1.165) is 13.1 Å². The Morgan fingerprint density at radius 3 is 2.39 bits per heavy atom. The van der Waals surface area contributed by atoms with E-state index in [1.807, 2.05) is 0 Å². The first-order chi connectivity index (χ1) is 10.8. The summed E-state index contributed by atoms with van der Waals surface area (Å²) < 4.78 is 21.8. The van der Waals surface area contributed by atoms with Crippen LogP contribution in [0.4, 0.5) is 10.5 Å². The lowest BCUT2D eigenvalue weighted by Gasteiger charge is -2.28. The summed E-state index contributed by atoms with van der Waals surface area (Å²) in [5, 5.41) is 5.82. The standard InChI is InChI=1S/C16H24N2O5/c1-16(2,3)23-15(19)18-12-6-10(22-11-8-17-9-11)7-13(20-4)14(12)21-5/h6-7,11,17H,8-9H2,1-5H3,(H,18,19). The molecule has 1 aromatic rings. The topological polar surface area (TPSA) is 78.1 Å². The van der Waals surface area contributed by atoms with E-state index in [4.69, 9.17) is 18.9 Å². The lowest BCUT2D eigenvalue weighted by Crippen LogP contribution is -2.50. The third-order valence-electron chi connectivity index (χ3n) is 3.13. The predicted octanol–water partition coefficient (Wildman–Crippen LogP) is 2.40. The van der Waals surface area contributed by atoms with E-state index in [1.54, 1.807) is 32.9 Å². The first kappa shape index (κ1) is 17.2. The van der Waals surface area contributed by atoms with Crippen molar-refractivity contribution < 1.29 is 23.7 Å². The van der Waals surface area contributed by atoms with Crippen molar-refractivity contribution in [1.82, 2.24) is 5.32 Å². The van der Waals surface area contributed by atoms with Crippen molar-refractivity contribution >= 4 is 11.8 Å². The van der Waals surface area contributed by atoms with E-state index in [2.05, 4.69) is 10.6 Å². The van der Waals surface area contributed by atoms with Crippen molar-refractivity contribution in [3.05, 3.63) is 12.1 Å². The number of anilines is 1. The van der Waals surface area contributed by atoms with Gasteiger partial charge in [0.05, 0.1) is 19.9 Å². The van der Waals surface area contributed by atoms with Crippen LogP contribution in [0.5, 0.6) is 17.2 Å². The van der Waals surface area contributed by atoms with E-state index in [0.29, 0.717) is 22.9 Å². The maximum absolute atomic E-state index is 12.0. The van der Waals surface area contributed by atoms with Gasteiger partial charge in [-0.25, -0.2) is 4.79 Å². The highest BCUT2D eigenvalue weighted by molar-refractivity contribution is 5.88. The molecule has 0 aliphatic carbocycles. The number of hydrogen-bond acceptors (Lipinski definition) is 6. The van der Waals surface area contributed by atoms with Crippen LogP contribution in [0, 0.1) is 0 Å². The second-order valence-electron chi connectivity index (χ2n) is 6.23. The highest BCUT2D eigenvalue weighted by atomic mass is 16.6. The Morgan fingerprint density at radius 2 is 1.91 bits per heavy atom. The van der Waals surface area contributed by atoms with Gasteiger partial charge in [0.1, 0.15) is 17.5 Å². The molecule has 2 N–H and O–H groups in total. The van der Waals surface area contributed by atoms with Crippen LogP contribution < -0.4 is 24.8 Å². The van der Waals surface area contributed by atoms with E-state index >= 15 is 0 Å². The van der Waals surface area contributed by atoms with Gasteiger partial charge >= 0.3 is 6.09 Å². The Morgan fingerprint density at radius 1 is 1.22 bits per heavy atom. The number of rotatable bonds is 5. The fourth-order valence-electron chi connectivity index (χ4n) is 2.05. The molecule has 1 aromatic carbocycles. The number of carbonyl (C=O) groups excluding carboxylic acids is 1. The molecule has 1 aliphatic heterocycles. The number of amides is 1. The molecule has 0 atom stereocenters. The molecular formula is C16H24N2O5. The Hall–Kier alpha value is -2.15. The highest BCUT2D eigenvalue weighted by Gasteiger charge is 2.23. The van der Waals surface area contributed by atoms with Crippen molar-refractivity contribution in [3.63, 3.8) is 0 Å². The molecule has 1 amide bonds. The van der Waals surface area contributed by atoms with Gasteiger partial charge in [0.2, 0.25) is 0 Å². The van der Waals surface area contributed by atoms with Crippen LogP contribution in [-0.2, 0) is 4.74 Å². The average molecular weight is 324 g/mol. The van der Waals surface area contributed by atoms with Gasteiger partial charge in [0, 0.05) is 25.2 Å². The van der Waals surface area contributed by atoms with Gasteiger partial charge in [0.25, 0.3) is 0 Å². The highest BCUT2D eigenvalue weighted by Crippen LogP contribution is 2.40. The van der Waals surface area contributed by atoms with Gasteiger partial charge in [-0.1, -0.05) is 0 Å². The Kier molecular flexibility index (Phi) is 5.20. The predicted molar refractivity (Wildman–Crippen MR) is 86.7 cm³/mol. The molecule has 1 fully saturated rings. The Balaban J connectivity index is 2.23. The molecule has 0 unspecified atom stereocenters. The summed E-state index contributed by atoms with van der Waals surface area (Å²) in [7, 11) is 3.04. The van der Waals surface area contributed by atoms with Gasteiger partial charge in [-0.15, -0.1) is 0 Å². The quantitative estimate of drug-likeness (QED) is 0.866. The van der Waals surface area contributed by atoms with Crippen LogP contribution in [0.15, 0.2) is 12.1 Å². The number of carbonyl (C=O) groups is 1. The minimum atomic E-state index is -0.590. The van der Waals surface area contributed by atoms with Crippen LogP contribution in [-0.4, -0.2) is 45.1 Å². The van der Waals surface area contributed by atoms with E-state index in [1.165, 1.54) is 14.2 Å². The van der Waals surface area contributed by atoms with Crippen LogP contribution in [0.2, 0.25) is 0 Å². The van der Waals surface area contributed by atoms with E-state index < -0.39 is 11.7 Å². The molecule has 7 heteroatoms. The third kappa shape index (κ3) is 4.66. The molecule has 2 rings (SSSR count). The Labute approximate surface area is 136 Å². The number of ether oxygens (including phenoxy) is 4. The molecule has 1 saturated heterocycles. The number of methoxy groups -OCH3 is 2. The van der Waals surface area contributed by atoms with Crippen LogP contribution in [0.25, 0.3) is 0 Å². The summed E-state index contributed by atoms with van der Waals surface area (Å²) >= 11 is 0. The number of benzene rings is 1. The third-order valence-corrected chi connectivity index (χ3v) is 3.13. The zero-order valence-corrected chi connectivity index (χ0v) is 14.2. The molecule has 1 aliphatic rings. The van der Waals surface area contributed by atoms with Crippen LogP contribution in [0.1, 0.15) is 20.8 Å². The normalized spacial score (nSPS) is 14.7. The number of nitrogens with one attached hydrogen (secondary N) is 2. The molecule has 0 aromatic heterocycles. The lowest BCUT2D eigenvalue weighted by atomic mass is 10.2. The fourth-order valence-corrected chi connectivity index (χ4v) is 2.05. The smallest absolute Gasteiger partial charge is 0.412 e. The maximum Gasteiger partial charge on any atom is 0.412 e. The van der Waals surface area contributed by atoms with Gasteiger partial charge in [-0.05, 0) is 20.8 Å². The van der Waals surface area contributed by atoms with Crippen molar-refractivity contribution in [2.45, 2.75) is 32.5 Å². The van der Waals surface area contributed by atoms with Gasteiger partial charge in [0.15, 0.2) is 11.5 Å². The van der Waals surface area contributed by atoms with Crippen LogP contribution in [0.3, 0.4) is 0 Å². The van der Waals surface area contributed by atoms with E-state index in [-0.39, 0.29) is 6.10 Å². The van der Waals surface area contributed by atoms with Gasteiger partial charge < -0.3 is 24.3 Å². The summed E-state index contributed by atoms with van der Waals surface area (Å²) in [6, 6.07) is 3.43. The molecular weight excluding hydrogens is 300 g/mol. The SMILES string of the molecule is COc1cc(OC2CNC2)cc(NC(=O)OC(C)(C)C)c1OC. The summed E-state index contributed by atoms with van der Waals surface area (Å²) in [5.41, 5.74) is -0.156. The summed E-state index contributed by atoms with van der Waals surface area (Å²) in [6.45, 7) is 6.99. The zero-order valence-electron chi connectivity index (χ0n) is 14.2. The summed E-state index contributed by atoms with van der Waals surface area (Å²) in [5.74, 6) is 1.49. The first-order valence-electron chi connectivity index (χ1n) is 7.46. The molecule has 0 bridgehead atoms. The second-order valence-corrected chi connectivity index (χ2v) is 6.23. The van der Waals surface area contributed by atoms with E-state index in [9.17, 15) is 4.79 Å². The average Bonchev–Trinajstić information content (AvgIpc) is 2.40. The molecule has 1 heterocycles. The maximum atomic E-state index is 12.0. The van der Waals surface area contributed by atoms with Crippen molar-refractivity contribution in [2.75, 3.05) is 32.6 Å². The molecule has 0 spiro atoms. The van der Waals surface area contributed by atoms with Crippen molar-refractivity contribution in [2.24, 2.45) is 0 Å². The second kappa shape index (κ2) is 6.95. The zero-order chi connectivity index (χ0) is 17.0. The fraction of sp³-hybridized carbons (Fsp3) is 0.562. The first-order valence-corrected chi connectivity index (χ1v) is 7.46. The van der Waals surface area contributed by atoms with Crippen molar-refractivity contribution in [3.8, 4) is 17.2 Å². The number of hydrogen-bond donors (Lipinski definition) is 2. The monoisotopic (exact) mass is 324 g/mol. The van der Waals surface area contributed by atoms with Crippen LogP contribution >= 0.6 is 0 Å². The lowest BCUT2D eigenvalue weighted by molar-refractivity contribution is 0.0635. The van der Waals surface area contributed by atoms with Crippen molar-refractivity contribution in [1.29, 1.82) is 0 Å². The molecule has 23 heavy (non-hydrogen) atoms. The molecule has 7 nitrogen and oxygen atoms in total. The summed E-state index contributed by atoms with van der Waals surface area (Å²) in [6.07, 6.45) is -0.456. The molecule has 0 saturated carbocycles. The van der Waals surface area contributed by atoms with Gasteiger partial charge in [-0.2, -0.15) is 0 Å².